The average molecular weight is 178 g/mol. The summed E-state index contributed by atoms with van der Waals surface area (Å²) < 4.78 is 0. The number of quaternary nitrogens is 1. The Morgan fingerprint density at radius 2 is 1.54 bits per heavy atom. The van der Waals surface area contributed by atoms with Crippen molar-refractivity contribution in [2.24, 2.45) is 0 Å². The standard InChI is InChI=1S/C12H19N/c1-12(2,3)10-8-6-7-9-11(10)13(4)5/h6-9H,1-5H3/p+1. The molecule has 0 aliphatic rings. The first kappa shape index (κ1) is 10.3. The first-order chi connectivity index (χ1) is 5.93. The molecule has 1 N–H and O–H groups in total. The first-order valence-electron chi connectivity index (χ1n) is 4.83. The quantitative estimate of drug-likeness (QED) is 0.668. The Kier molecular flexibility index (Phi) is 2.77. The summed E-state index contributed by atoms with van der Waals surface area (Å²) in [6.07, 6.45) is 0. The van der Waals surface area contributed by atoms with E-state index >= 15 is 0 Å². The molecule has 0 fully saturated rings. The van der Waals surface area contributed by atoms with Crippen molar-refractivity contribution >= 4 is 5.69 Å². The zero-order valence-corrected chi connectivity index (χ0v) is 9.31. The SMILES string of the molecule is C[NH+](C)c1ccccc1C(C)(C)C. The van der Waals surface area contributed by atoms with Crippen LogP contribution in [0.15, 0.2) is 24.3 Å². The van der Waals surface area contributed by atoms with Gasteiger partial charge in [0.15, 0.2) is 0 Å². The highest BCUT2D eigenvalue weighted by Crippen LogP contribution is 2.26. The molecule has 0 unspecified atom stereocenters. The molecule has 0 saturated carbocycles. The van der Waals surface area contributed by atoms with Crippen LogP contribution in [-0.4, -0.2) is 14.1 Å². The third kappa shape index (κ3) is 2.31. The normalized spacial score (nSPS) is 12.2. The van der Waals surface area contributed by atoms with Crippen LogP contribution in [0, 0.1) is 0 Å². The predicted molar refractivity (Wildman–Crippen MR) is 57.6 cm³/mol. The molecule has 1 heteroatoms. The van der Waals surface area contributed by atoms with E-state index in [1.807, 2.05) is 0 Å². The number of rotatable bonds is 1. The fourth-order valence-electron chi connectivity index (χ4n) is 1.57. The van der Waals surface area contributed by atoms with E-state index in [1.54, 1.807) is 0 Å². The van der Waals surface area contributed by atoms with Crippen LogP contribution < -0.4 is 4.90 Å². The lowest BCUT2D eigenvalue weighted by molar-refractivity contribution is -0.787. The van der Waals surface area contributed by atoms with E-state index < -0.39 is 0 Å². The molecule has 1 aromatic carbocycles. The van der Waals surface area contributed by atoms with E-state index in [0.717, 1.165) is 0 Å². The fourth-order valence-corrected chi connectivity index (χ4v) is 1.57. The number of nitrogens with one attached hydrogen (secondary N) is 1. The van der Waals surface area contributed by atoms with Gasteiger partial charge in [0.25, 0.3) is 0 Å². The van der Waals surface area contributed by atoms with Crippen molar-refractivity contribution in [3.05, 3.63) is 29.8 Å². The molecule has 72 valence electrons. The van der Waals surface area contributed by atoms with Crippen LogP contribution in [0.1, 0.15) is 26.3 Å². The summed E-state index contributed by atoms with van der Waals surface area (Å²) in [6, 6.07) is 8.66. The minimum atomic E-state index is 0.244. The number of benzene rings is 1. The molecule has 13 heavy (non-hydrogen) atoms. The molecule has 0 spiro atoms. The van der Waals surface area contributed by atoms with Gasteiger partial charge in [-0.2, -0.15) is 0 Å². The molecular formula is C12H20N+. The number of hydrogen-bond acceptors (Lipinski definition) is 0. The van der Waals surface area contributed by atoms with Gasteiger partial charge in [0.2, 0.25) is 0 Å². The van der Waals surface area contributed by atoms with Gasteiger partial charge in [0.05, 0.1) is 14.1 Å². The molecular weight excluding hydrogens is 158 g/mol. The van der Waals surface area contributed by atoms with Crippen molar-refractivity contribution in [1.29, 1.82) is 0 Å². The van der Waals surface area contributed by atoms with E-state index in [9.17, 15) is 0 Å². The van der Waals surface area contributed by atoms with Crippen LogP contribution in [0.25, 0.3) is 0 Å². The van der Waals surface area contributed by atoms with Gasteiger partial charge >= 0.3 is 0 Å². The topological polar surface area (TPSA) is 4.44 Å². The third-order valence-electron chi connectivity index (χ3n) is 2.27. The highest BCUT2D eigenvalue weighted by Gasteiger charge is 2.20. The lowest BCUT2D eigenvalue weighted by Crippen LogP contribution is -3.00. The summed E-state index contributed by atoms with van der Waals surface area (Å²) in [4.78, 5) is 1.39. The second-order valence-corrected chi connectivity index (χ2v) is 4.80. The molecule has 0 aliphatic carbocycles. The molecule has 1 aromatic rings. The molecule has 1 nitrogen and oxygen atoms in total. The van der Waals surface area contributed by atoms with Gasteiger partial charge in [-0.05, 0) is 11.5 Å². The Hall–Kier alpha value is -0.820. The van der Waals surface area contributed by atoms with Gasteiger partial charge in [-0.3, -0.25) is 0 Å². The van der Waals surface area contributed by atoms with Crippen LogP contribution in [0.4, 0.5) is 5.69 Å². The molecule has 0 aromatic heterocycles. The molecule has 0 atom stereocenters. The zero-order valence-electron chi connectivity index (χ0n) is 9.31. The minimum Gasteiger partial charge on any atom is -0.307 e. The first-order valence-corrected chi connectivity index (χ1v) is 4.83. The lowest BCUT2D eigenvalue weighted by Gasteiger charge is -2.22. The summed E-state index contributed by atoms with van der Waals surface area (Å²) >= 11 is 0. The average Bonchev–Trinajstić information content (AvgIpc) is 2.03. The maximum absolute atomic E-state index is 2.26. The monoisotopic (exact) mass is 178 g/mol. The van der Waals surface area contributed by atoms with Gasteiger partial charge in [-0.15, -0.1) is 0 Å². The second kappa shape index (κ2) is 3.51. The van der Waals surface area contributed by atoms with Gasteiger partial charge in [0, 0.05) is 5.56 Å². The Balaban J connectivity index is 3.20. The molecule has 0 amide bonds. The van der Waals surface area contributed by atoms with E-state index in [2.05, 4.69) is 59.1 Å². The molecule has 0 aliphatic heterocycles. The maximum atomic E-state index is 2.26. The van der Waals surface area contributed by atoms with Crippen molar-refractivity contribution in [3.63, 3.8) is 0 Å². The molecule has 1 rings (SSSR count). The Labute approximate surface area is 81.4 Å². The maximum Gasteiger partial charge on any atom is 0.134 e. The van der Waals surface area contributed by atoms with E-state index in [1.165, 1.54) is 16.2 Å². The van der Waals surface area contributed by atoms with Gasteiger partial charge in [0.1, 0.15) is 5.69 Å². The Bertz CT molecular complexity index is 281. The lowest BCUT2D eigenvalue weighted by atomic mass is 9.85. The Morgan fingerprint density at radius 1 is 1.00 bits per heavy atom. The van der Waals surface area contributed by atoms with Gasteiger partial charge < -0.3 is 4.90 Å². The second-order valence-electron chi connectivity index (χ2n) is 4.80. The summed E-state index contributed by atoms with van der Waals surface area (Å²) in [6.45, 7) is 6.78. The van der Waals surface area contributed by atoms with E-state index in [0.29, 0.717) is 0 Å². The van der Waals surface area contributed by atoms with Crippen molar-refractivity contribution in [2.45, 2.75) is 26.2 Å². The van der Waals surface area contributed by atoms with Crippen LogP contribution in [0.5, 0.6) is 0 Å². The highest BCUT2D eigenvalue weighted by molar-refractivity contribution is 5.43. The summed E-state index contributed by atoms with van der Waals surface area (Å²) in [7, 11) is 4.34. The number of hydrogen-bond donors (Lipinski definition) is 1. The highest BCUT2D eigenvalue weighted by atomic mass is 15.1. The molecule has 0 bridgehead atoms. The zero-order chi connectivity index (χ0) is 10.1. The molecule has 0 saturated heterocycles. The minimum absolute atomic E-state index is 0.244. The fraction of sp³-hybridized carbons (Fsp3) is 0.500. The predicted octanol–water partition coefficient (Wildman–Crippen LogP) is 1.76. The van der Waals surface area contributed by atoms with Crippen LogP contribution in [0.3, 0.4) is 0 Å². The number of para-hydroxylation sites is 1. The van der Waals surface area contributed by atoms with Crippen molar-refractivity contribution in [2.75, 3.05) is 14.1 Å². The Morgan fingerprint density at radius 3 is 1.92 bits per heavy atom. The van der Waals surface area contributed by atoms with E-state index in [-0.39, 0.29) is 5.41 Å². The summed E-state index contributed by atoms with van der Waals surface area (Å²) in [5, 5.41) is 0. The van der Waals surface area contributed by atoms with Crippen molar-refractivity contribution in [1.82, 2.24) is 0 Å². The van der Waals surface area contributed by atoms with Gasteiger partial charge in [-0.25, -0.2) is 0 Å². The largest absolute Gasteiger partial charge is 0.307 e. The van der Waals surface area contributed by atoms with Crippen molar-refractivity contribution < 1.29 is 4.90 Å². The third-order valence-corrected chi connectivity index (χ3v) is 2.27. The van der Waals surface area contributed by atoms with Gasteiger partial charge in [-0.1, -0.05) is 39.0 Å². The molecule has 0 radical (unpaired) electrons. The smallest absolute Gasteiger partial charge is 0.134 e. The summed E-state index contributed by atoms with van der Waals surface area (Å²) in [5.41, 5.74) is 3.08. The van der Waals surface area contributed by atoms with Crippen LogP contribution in [0.2, 0.25) is 0 Å². The van der Waals surface area contributed by atoms with Crippen LogP contribution in [-0.2, 0) is 5.41 Å². The molecule has 0 heterocycles. The summed E-state index contributed by atoms with van der Waals surface area (Å²) in [5.74, 6) is 0. The van der Waals surface area contributed by atoms with Crippen molar-refractivity contribution in [3.8, 4) is 0 Å². The van der Waals surface area contributed by atoms with Crippen LogP contribution >= 0.6 is 0 Å². The van der Waals surface area contributed by atoms with E-state index in [4.69, 9.17) is 0 Å².